The summed E-state index contributed by atoms with van der Waals surface area (Å²) in [6.07, 6.45) is 2.39. The highest BCUT2D eigenvalue weighted by Gasteiger charge is 2.43. The number of aliphatic hydroxyl groups is 1. The van der Waals surface area contributed by atoms with Crippen molar-refractivity contribution in [3.8, 4) is 0 Å². The van der Waals surface area contributed by atoms with E-state index in [0.717, 1.165) is 18.4 Å². The third kappa shape index (κ3) is 2.96. The first-order valence-electron chi connectivity index (χ1n) is 6.89. The summed E-state index contributed by atoms with van der Waals surface area (Å²) in [6.45, 7) is 3.45. The quantitative estimate of drug-likeness (QED) is 0.837. The summed E-state index contributed by atoms with van der Waals surface area (Å²) in [4.78, 5) is 14.1. The lowest BCUT2D eigenvalue weighted by molar-refractivity contribution is -0.0860. The molecule has 104 valence electrons. The highest BCUT2D eigenvalue weighted by Crippen LogP contribution is 2.27. The maximum absolute atomic E-state index is 12.4. The van der Waals surface area contributed by atoms with Gasteiger partial charge in [-0.05, 0) is 31.0 Å². The second-order valence-corrected chi connectivity index (χ2v) is 5.33. The van der Waals surface area contributed by atoms with Gasteiger partial charge in [-0.15, -0.1) is 0 Å². The fourth-order valence-electron chi connectivity index (χ4n) is 2.70. The van der Waals surface area contributed by atoms with Gasteiger partial charge in [-0.1, -0.05) is 31.5 Å². The highest BCUT2D eigenvalue weighted by atomic mass is 16.3. The van der Waals surface area contributed by atoms with Gasteiger partial charge in [0.15, 0.2) is 0 Å². The van der Waals surface area contributed by atoms with Crippen LogP contribution in [0.25, 0.3) is 0 Å². The fraction of sp³-hybridized carbons (Fsp3) is 0.533. The molecule has 4 heteroatoms. The molecule has 0 bridgehead atoms. The average molecular weight is 262 g/mol. The van der Waals surface area contributed by atoms with Crippen LogP contribution in [0.5, 0.6) is 0 Å². The summed E-state index contributed by atoms with van der Waals surface area (Å²) in [5, 5.41) is 10.1. The summed E-state index contributed by atoms with van der Waals surface area (Å²) < 4.78 is 0. The van der Waals surface area contributed by atoms with Crippen molar-refractivity contribution >= 4 is 5.91 Å². The number of likely N-dealkylation sites (tertiary alicyclic amines) is 1. The summed E-state index contributed by atoms with van der Waals surface area (Å²) in [7, 11) is 0. The van der Waals surface area contributed by atoms with Gasteiger partial charge >= 0.3 is 0 Å². The van der Waals surface area contributed by atoms with Crippen LogP contribution in [-0.2, 0) is 6.42 Å². The fourth-order valence-corrected chi connectivity index (χ4v) is 2.70. The van der Waals surface area contributed by atoms with Gasteiger partial charge in [-0.3, -0.25) is 4.79 Å². The van der Waals surface area contributed by atoms with E-state index in [1.165, 1.54) is 0 Å². The molecule has 3 N–H and O–H groups in total. The molecule has 0 radical (unpaired) electrons. The zero-order chi connectivity index (χ0) is 13.9. The standard InChI is InChI=1S/C15H22N2O2/c1-2-8-15(19)10-17(11-15)14(18)13-6-4-3-5-12(13)7-9-16/h3-6,19H,2,7-11,16H2,1H3. The predicted octanol–water partition coefficient (Wildman–Crippen LogP) is 1.17. The topological polar surface area (TPSA) is 66.6 Å². The summed E-state index contributed by atoms with van der Waals surface area (Å²) in [5.41, 5.74) is 6.60. The number of β-amino-alcohol motifs (C(OH)–C–C–N with tert-alkyl or cyclic N) is 1. The molecule has 1 aliphatic heterocycles. The van der Waals surface area contributed by atoms with Gasteiger partial charge in [0, 0.05) is 5.56 Å². The van der Waals surface area contributed by atoms with Crippen LogP contribution in [0.4, 0.5) is 0 Å². The van der Waals surface area contributed by atoms with Gasteiger partial charge in [0.05, 0.1) is 18.7 Å². The summed E-state index contributed by atoms with van der Waals surface area (Å²) in [6, 6.07) is 7.57. The Morgan fingerprint density at radius 3 is 2.74 bits per heavy atom. The molecule has 2 rings (SSSR count). The van der Waals surface area contributed by atoms with E-state index in [9.17, 15) is 9.90 Å². The molecule has 0 saturated carbocycles. The van der Waals surface area contributed by atoms with E-state index in [1.54, 1.807) is 4.90 Å². The minimum Gasteiger partial charge on any atom is -0.386 e. The van der Waals surface area contributed by atoms with E-state index in [-0.39, 0.29) is 5.91 Å². The van der Waals surface area contributed by atoms with E-state index >= 15 is 0 Å². The molecule has 0 spiro atoms. The van der Waals surface area contributed by atoms with E-state index in [4.69, 9.17) is 5.73 Å². The lowest BCUT2D eigenvalue weighted by atomic mass is 9.88. The van der Waals surface area contributed by atoms with Crippen molar-refractivity contribution in [3.05, 3.63) is 35.4 Å². The van der Waals surface area contributed by atoms with Crippen LogP contribution >= 0.6 is 0 Å². The molecule has 1 aliphatic rings. The van der Waals surface area contributed by atoms with Crippen LogP contribution in [0, 0.1) is 0 Å². The number of carbonyl (C=O) groups excluding carboxylic acids is 1. The molecule has 0 unspecified atom stereocenters. The molecule has 0 aromatic heterocycles. The molecule has 0 aliphatic carbocycles. The van der Waals surface area contributed by atoms with E-state index in [1.807, 2.05) is 31.2 Å². The van der Waals surface area contributed by atoms with Crippen LogP contribution < -0.4 is 5.73 Å². The molecule has 1 heterocycles. The first kappa shape index (κ1) is 14.0. The molecule has 4 nitrogen and oxygen atoms in total. The Balaban J connectivity index is 2.06. The monoisotopic (exact) mass is 262 g/mol. The molecule has 1 saturated heterocycles. The third-order valence-corrected chi connectivity index (χ3v) is 3.63. The van der Waals surface area contributed by atoms with E-state index in [0.29, 0.717) is 31.6 Å². The van der Waals surface area contributed by atoms with Crippen LogP contribution in [0.2, 0.25) is 0 Å². The van der Waals surface area contributed by atoms with Crippen molar-refractivity contribution < 1.29 is 9.90 Å². The molecule has 0 atom stereocenters. The third-order valence-electron chi connectivity index (χ3n) is 3.63. The number of hydrogen-bond acceptors (Lipinski definition) is 3. The van der Waals surface area contributed by atoms with Crippen LogP contribution in [0.1, 0.15) is 35.7 Å². The minimum atomic E-state index is -0.673. The predicted molar refractivity (Wildman–Crippen MR) is 75.0 cm³/mol. The van der Waals surface area contributed by atoms with Crippen molar-refractivity contribution in [2.75, 3.05) is 19.6 Å². The average Bonchev–Trinajstić information content (AvgIpc) is 2.36. The van der Waals surface area contributed by atoms with Gasteiger partial charge in [0.2, 0.25) is 0 Å². The Morgan fingerprint density at radius 1 is 1.42 bits per heavy atom. The maximum Gasteiger partial charge on any atom is 0.254 e. The van der Waals surface area contributed by atoms with E-state index < -0.39 is 5.60 Å². The van der Waals surface area contributed by atoms with Crippen LogP contribution in [-0.4, -0.2) is 41.1 Å². The number of nitrogens with zero attached hydrogens (tertiary/aromatic N) is 1. The van der Waals surface area contributed by atoms with Gasteiger partial charge in [0.1, 0.15) is 0 Å². The normalized spacial score (nSPS) is 17.1. The van der Waals surface area contributed by atoms with Crippen LogP contribution in [0.3, 0.4) is 0 Å². The Morgan fingerprint density at radius 2 is 2.11 bits per heavy atom. The van der Waals surface area contributed by atoms with Crippen molar-refractivity contribution in [2.24, 2.45) is 5.73 Å². The number of benzene rings is 1. The largest absolute Gasteiger partial charge is 0.386 e. The zero-order valence-corrected chi connectivity index (χ0v) is 11.4. The maximum atomic E-state index is 12.4. The lowest BCUT2D eigenvalue weighted by Crippen LogP contribution is -2.63. The van der Waals surface area contributed by atoms with Crippen molar-refractivity contribution in [3.63, 3.8) is 0 Å². The Kier molecular flexibility index (Phi) is 4.22. The van der Waals surface area contributed by atoms with Gasteiger partial charge in [0.25, 0.3) is 5.91 Å². The smallest absolute Gasteiger partial charge is 0.254 e. The number of rotatable bonds is 5. The Labute approximate surface area is 114 Å². The summed E-state index contributed by atoms with van der Waals surface area (Å²) in [5.74, 6) is 0.00447. The molecule has 19 heavy (non-hydrogen) atoms. The van der Waals surface area contributed by atoms with Crippen LogP contribution in [0.15, 0.2) is 24.3 Å². The molecule has 1 fully saturated rings. The number of amides is 1. The minimum absolute atomic E-state index is 0.00447. The zero-order valence-electron chi connectivity index (χ0n) is 11.4. The first-order valence-corrected chi connectivity index (χ1v) is 6.89. The molecule has 1 aromatic carbocycles. The molecule has 1 amide bonds. The van der Waals surface area contributed by atoms with Gasteiger partial charge < -0.3 is 15.7 Å². The van der Waals surface area contributed by atoms with Gasteiger partial charge in [-0.2, -0.15) is 0 Å². The lowest BCUT2D eigenvalue weighted by Gasteiger charge is -2.46. The SMILES string of the molecule is CCCC1(O)CN(C(=O)c2ccccc2CCN)C1. The number of hydrogen-bond donors (Lipinski definition) is 2. The van der Waals surface area contributed by atoms with Crippen molar-refractivity contribution in [1.29, 1.82) is 0 Å². The highest BCUT2D eigenvalue weighted by molar-refractivity contribution is 5.96. The summed E-state index contributed by atoms with van der Waals surface area (Å²) >= 11 is 0. The first-order chi connectivity index (χ1) is 9.09. The Hall–Kier alpha value is -1.39. The second-order valence-electron chi connectivity index (χ2n) is 5.33. The van der Waals surface area contributed by atoms with Crippen molar-refractivity contribution in [2.45, 2.75) is 31.8 Å². The van der Waals surface area contributed by atoms with E-state index in [2.05, 4.69) is 0 Å². The number of carbonyl (C=O) groups is 1. The van der Waals surface area contributed by atoms with Gasteiger partial charge in [-0.25, -0.2) is 0 Å². The molecular formula is C15H22N2O2. The second kappa shape index (κ2) is 5.72. The number of nitrogens with two attached hydrogens (primary N) is 1. The molecule has 1 aromatic rings. The molecular weight excluding hydrogens is 240 g/mol. The van der Waals surface area contributed by atoms with Crippen molar-refractivity contribution in [1.82, 2.24) is 4.90 Å². The Bertz CT molecular complexity index is 453.